The zero-order valence-corrected chi connectivity index (χ0v) is 10.4. The van der Waals surface area contributed by atoms with Crippen LogP contribution in [-0.4, -0.2) is 24.8 Å². The van der Waals surface area contributed by atoms with E-state index in [1.807, 2.05) is 30.7 Å². The molecule has 1 aromatic carbocycles. The molecule has 0 N–H and O–H groups in total. The number of methoxy groups -OCH3 is 2. The fourth-order valence-corrected chi connectivity index (χ4v) is 2.00. The van der Waals surface area contributed by atoms with Crippen LogP contribution in [0.25, 0.3) is 10.9 Å². The maximum Gasteiger partial charge on any atom is 0.354 e. The first-order valence-corrected chi connectivity index (χ1v) is 5.31. The van der Waals surface area contributed by atoms with Gasteiger partial charge >= 0.3 is 5.97 Å². The second-order valence-electron chi connectivity index (χ2n) is 3.98. The van der Waals surface area contributed by atoms with Crippen LogP contribution in [-0.2, 0) is 11.8 Å². The molecule has 0 aliphatic rings. The minimum Gasteiger partial charge on any atom is -0.496 e. The molecule has 0 fully saturated rings. The molecule has 2 rings (SSSR count). The van der Waals surface area contributed by atoms with E-state index in [9.17, 15) is 4.79 Å². The summed E-state index contributed by atoms with van der Waals surface area (Å²) in [5.74, 6) is 0.425. The number of hydrogen-bond acceptors (Lipinski definition) is 3. The summed E-state index contributed by atoms with van der Waals surface area (Å²) in [7, 11) is 4.84. The summed E-state index contributed by atoms with van der Waals surface area (Å²) in [6, 6.07) is 5.76. The summed E-state index contributed by atoms with van der Waals surface area (Å²) in [5.41, 5.74) is 2.57. The molecule has 0 aliphatic carbocycles. The smallest absolute Gasteiger partial charge is 0.354 e. The summed E-state index contributed by atoms with van der Waals surface area (Å²) in [6.45, 7) is 1.99. The van der Waals surface area contributed by atoms with Crippen LogP contribution in [0.2, 0.25) is 0 Å². The fraction of sp³-hybridized carbons (Fsp3) is 0.308. The molecule has 4 heteroatoms. The van der Waals surface area contributed by atoms with Crippen LogP contribution >= 0.6 is 0 Å². The summed E-state index contributed by atoms with van der Waals surface area (Å²) in [4.78, 5) is 11.6. The fourth-order valence-electron chi connectivity index (χ4n) is 2.00. The summed E-state index contributed by atoms with van der Waals surface area (Å²) in [6.07, 6.45) is 0. The van der Waals surface area contributed by atoms with E-state index in [0.29, 0.717) is 5.69 Å². The second kappa shape index (κ2) is 4.13. The summed E-state index contributed by atoms with van der Waals surface area (Å²) in [5, 5.41) is 0.918. The van der Waals surface area contributed by atoms with Gasteiger partial charge < -0.3 is 14.0 Å². The lowest BCUT2D eigenvalue weighted by atomic mass is 10.1. The third-order valence-electron chi connectivity index (χ3n) is 2.88. The second-order valence-corrected chi connectivity index (χ2v) is 3.98. The first-order valence-electron chi connectivity index (χ1n) is 5.31. The van der Waals surface area contributed by atoms with Crippen LogP contribution < -0.4 is 4.74 Å². The van der Waals surface area contributed by atoms with Crippen molar-refractivity contribution in [3.8, 4) is 5.75 Å². The molecule has 0 bridgehead atoms. The molecule has 0 saturated heterocycles. The van der Waals surface area contributed by atoms with Crippen LogP contribution in [0.5, 0.6) is 5.75 Å². The molecular formula is C13H15NO3. The molecule has 17 heavy (non-hydrogen) atoms. The van der Waals surface area contributed by atoms with Gasteiger partial charge in [0.2, 0.25) is 0 Å². The number of nitrogens with zero attached hydrogens (tertiary/aromatic N) is 1. The largest absolute Gasteiger partial charge is 0.496 e. The maximum atomic E-state index is 11.6. The Hall–Kier alpha value is -1.97. The van der Waals surface area contributed by atoms with Gasteiger partial charge in [-0.25, -0.2) is 4.79 Å². The topological polar surface area (TPSA) is 40.5 Å². The predicted molar refractivity (Wildman–Crippen MR) is 65.5 cm³/mol. The number of carbonyl (C=O) groups is 1. The number of benzene rings is 1. The van der Waals surface area contributed by atoms with Crippen LogP contribution in [0.1, 0.15) is 16.1 Å². The predicted octanol–water partition coefficient (Wildman–Crippen LogP) is 2.28. The SMILES string of the molecule is COC(=O)c1cc2c(OC)cc(C)cc2n1C. The summed E-state index contributed by atoms with van der Waals surface area (Å²) < 4.78 is 11.9. The highest BCUT2D eigenvalue weighted by atomic mass is 16.5. The van der Waals surface area contributed by atoms with Gasteiger partial charge in [-0.15, -0.1) is 0 Å². The molecule has 0 aliphatic heterocycles. The van der Waals surface area contributed by atoms with Crippen molar-refractivity contribution in [2.24, 2.45) is 7.05 Å². The van der Waals surface area contributed by atoms with Gasteiger partial charge in [-0.1, -0.05) is 0 Å². The lowest BCUT2D eigenvalue weighted by Crippen LogP contribution is -2.06. The number of aryl methyl sites for hydroxylation is 2. The van der Waals surface area contributed by atoms with E-state index in [4.69, 9.17) is 9.47 Å². The zero-order valence-electron chi connectivity index (χ0n) is 10.4. The lowest BCUT2D eigenvalue weighted by molar-refractivity contribution is 0.0590. The third kappa shape index (κ3) is 1.75. The molecular weight excluding hydrogens is 218 g/mol. The van der Waals surface area contributed by atoms with E-state index in [1.54, 1.807) is 13.2 Å². The Bertz CT molecular complexity index is 584. The van der Waals surface area contributed by atoms with E-state index >= 15 is 0 Å². The quantitative estimate of drug-likeness (QED) is 0.747. The van der Waals surface area contributed by atoms with E-state index in [-0.39, 0.29) is 5.97 Å². The van der Waals surface area contributed by atoms with Crippen molar-refractivity contribution < 1.29 is 14.3 Å². The van der Waals surface area contributed by atoms with Crippen LogP contribution in [0.15, 0.2) is 18.2 Å². The Kier molecular flexibility index (Phi) is 2.79. The normalized spacial score (nSPS) is 10.6. The van der Waals surface area contributed by atoms with Crippen molar-refractivity contribution in [3.05, 3.63) is 29.5 Å². The number of esters is 1. The number of ether oxygens (including phenoxy) is 2. The molecule has 90 valence electrons. The summed E-state index contributed by atoms with van der Waals surface area (Å²) >= 11 is 0. The number of carbonyl (C=O) groups excluding carboxylic acids is 1. The Morgan fingerprint density at radius 2 is 1.94 bits per heavy atom. The first-order chi connectivity index (χ1) is 8.08. The van der Waals surface area contributed by atoms with Gasteiger partial charge in [-0.05, 0) is 30.7 Å². The molecule has 0 atom stereocenters. The van der Waals surface area contributed by atoms with Crippen molar-refractivity contribution in [1.29, 1.82) is 0 Å². The first kappa shape index (κ1) is 11.5. The van der Waals surface area contributed by atoms with Crippen molar-refractivity contribution in [3.63, 3.8) is 0 Å². The Morgan fingerprint density at radius 3 is 2.53 bits per heavy atom. The third-order valence-corrected chi connectivity index (χ3v) is 2.88. The molecule has 0 unspecified atom stereocenters. The van der Waals surface area contributed by atoms with Gasteiger partial charge in [0.15, 0.2) is 0 Å². The highest BCUT2D eigenvalue weighted by Gasteiger charge is 2.16. The molecule has 0 radical (unpaired) electrons. The van der Waals surface area contributed by atoms with Crippen LogP contribution in [0, 0.1) is 6.92 Å². The molecule has 0 spiro atoms. The Morgan fingerprint density at radius 1 is 1.24 bits per heavy atom. The van der Waals surface area contributed by atoms with E-state index in [2.05, 4.69) is 0 Å². The van der Waals surface area contributed by atoms with E-state index in [1.165, 1.54) is 7.11 Å². The van der Waals surface area contributed by atoms with Crippen molar-refractivity contribution in [2.75, 3.05) is 14.2 Å². The monoisotopic (exact) mass is 233 g/mol. The minimum atomic E-state index is -0.344. The van der Waals surface area contributed by atoms with Crippen molar-refractivity contribution in [2.45, 2.75) is 6.92 Å². The van der Waals surface area contributed by atoms with E-state index < -0.39 is 0 Å². The molecule has 1 aromatic heterocycles. The van der Waals surface area contributed by atoms with Crippen molar-refractivity contribution >= 4 is 16.9 Å². The standard InChI is InChI=1S/C13H15NO3/c1-8-5-10-9(12(6-8)16-3)7-11(14(10)2)13(15)17-4/h5-7H,1-4H3. The molecule has 2 aromatic rings. The highest BCUT2D eigenvalue weighted by Crippen LogP contribution is 2.30. The van der Waals surface area contributed by atoms with Crippen LogP contribution in [0.3, 0.4) is 0 Å². The molecule has 0 amide bonds. The van der Waals surface area contributed by atoms with Gasteiger partial charge in [-0.2, -0.15) is 0 Å². The zero-order chi connectivity index (χ0) is 12.6. The molecule has 4 nitrogen and oxygen atoms in total. The van der Waals surface area contributed by atoms with Gasteiger partial charge in [0.05, 0.1) is 19.7 Å². The average Bonchev–Trinajstić information content (AvgIpc) is 2.65. The van der Waals surface area contributed by atoms with Gasteiger partial charge in [0.25, 0.3) is 0 Å². The van der Waals surface area contributed by atoms with E-state index in [0.717, 1.165) is 22.2 Å². The number of rotatable bonds is 2. The lowest BCUT2D eigenvalue weighted by Gasteiger charge is -2.05. The Balaban J connectivity index is 2.77. The Labute approximate surface area is 99.7 Å². The van der Waals surface area contributed by atoms with Gasteiger partial charge in [0, 0.05) is 12.4 Å². The number of aromatic nitrogens is 1. The maximum absolute atomic E-state index is 11.6. The average molecular weight is 233 g/mol. The number of hydrogen-bond donors (Lipinski definition) is 0. The van der Waals surface area contributed by atoms with Crippen molar-refractivity contribution in [1.82, 2.24) is 4.57 Å². The number of fused-ring (bicyclic) bond motifs is 1. The van der Waals surface area contributed by atoms with Gasteiger partial charge in [0.1, 0.15) is 11.4 Å². The molecule has 0 saturated carbocycles. The van der Waals surface area contributed by atoms with Gasteiger partial charge in [-0.3, -0.25) is 0 Å². The van der Waals surface area contributed by atoms with Crippen LogP contribution in [0.4, 0.5) is 0 Å². The minimum absolute atomic E-state index is 0.344. The molecule has 1 heterocycles. The highest BCUT2D eigenvalue weighted by molar-refractivity contribution is 5.98.